The second kappa shape index (κ2) is 7.83. The molecule has 0 radical (unpaired) electrons. The fourth-order valence-corrected chi connectivity index (χ4v) is 2.96. The minimum atomic E-state index is 0.155. The Hall–Kier alpha value is -3.14. The van der Waals surface area contributed by atoms with Crippen LogP contribution in [0.2, 0.25) is 0 Å². The van der Waals surface area contributed by atoms with Crippen LogP contribution in [0.1, 0.15) is 32.4 Å². The summed E-state index contributed by atoms with van der Waals surface area (Å²) in [5.74, 6) is 0.651. The normalized spacial score (nSPS) is 13.7. The highest BCUT2D eigenvalue weighted by atomic mass is 15.1. The molecule has 26 heavy (non-hydrogen) atoms. The lowest BCUT2D eigenvalue weighted by molar-refractivity contribution is 0.650. The molecule has 4 heteroatoms. The molecular weight excluding hydrogens is 320 g/mol. The summed E-state index contributed by atoms with van der Waals surface area (Å²) >= 11 is 0. The van der Waals surface area contributed by atoms with Gasteiger partial charge in [0.25, 0.3) is 0 Å². The molecule has 0 saturated carbocycles. The van der Waals surface area contributed by atoms with Crippen LogP contribution in [0.15, 0.2) is 84.4 Å². The van der Waals surface area contributed by atoms with Crippen LogP contribution < -0.4 is 5.32 Å². The van der Waals surface area contributed by atoms with Gasteiger partial charge >= 0.3 is 0 Å². The van der Waals surface area contributed by atoms with E-state index in [9.17, 15) is 0 Å². The third-order valence-electron chi connectivity index (χ3n) is 4.25. The van der Waals surface area contributed by atoms with Crippen LogP contribution in [0.5, 0.6) is 0 Å². The van der Waals surface area contributed by atoms with Crippen molar-refractivity contribution in [3.05, 3.63) is 85.0 Å². The van der Waals surface area contributed by atoms with Gasteiger partial charge in [-0.05, 0) is 44.5 Å². The summed E-state index contributed by atoms with van der Waals surface area (Å²) in [6, 6.07) is 18.5. The number of para-hydroxylation sites is 2. The topological polar surface area (TPSA) is 42.2 Å². The van der Waals surface area contributed by atoms with E-state index in [2.05, 4.69) is 58.5 Å². The predicted octanol–water partition coefficient (Wildman–Crippen LogP) is 5.18. The Morgan fingerprint density at radius 2 is 1.81 bits per heavy atom. The number of hydrogen-bond acceptors (Lipinski definition) is 3. The zero-order chi connectivity index (χ0) is 18.5. The second-order valence-corrected chi connectivity index (χ2v) is 6.37. The highest BCUT2D eigenvalue weighted by Crippen LogP contribution is 2.17. The highest BCUT2D eigenvalue weighted by Gasteiger charge is 2.05. The average molecular weight is 344 g/mol. The van der Waals surface area contributed by atoms with Gasteiger partial charge in [0.15, 0.2) is 0 Å². The molecule has 0 fully saturated rings. The molecule has 0 saturated heterocycles. The van der Waals surface area contributed by atoms with Crippen LogP contribution >= 0.6 is 0 Å². The minimum absolute atomic E-state index is 0.155. The SMILES string of the molecule is C=C(/N=C(C)\C=C(/C)n1cnc2ccccc21)N[C@@H](C)c1ccccc1. The Labute approximate surface area is 154 Å². The van der Waals surface area contributed by atoms with Crippen molar-refractivity contribution in [2.75, 3.05) is 0 Å². The van der Waals surface area contributed by atoms with E-state index in [-0.39, 0.29) is 6.04 Å². The van der Waals surface area contributed by atoms with E-state index in [1.807, 2.05) is 55.7 Å². The molecule has 0 unspecified atom stereocenters. The number of nitrogens with zero attached hydrogens (tertiary/aromatic N) is 3. The summed E-state index contributed by atoms with van der Waals surface area (Å²) < 4.78 is 2.07. The van der Waals surface area contributed by atoms with Crippen molar-refractivity contribution in [3.63, 3.8) is 0 Å². The first-order chi connectivity index (χ1) is 12.5. The number of benzene rings is 2. The van der Waals surface area contributed by atoms with Crippen molar-refractivity contribution in [2.24, 2.45) is 4.99 Å². The molecule has 0 spiro atoms. The average Bonchev–Trinajstić information content (AvgIpc) is 3.06. The summed E-state index contributed by atoms with van der Waals surface area (Å²) in [7, 11) is 0. The third kappa shape index (κ3) is 4.09. The molecule has 0 bridgehead atoms. The number of imidazole rings is 1. The van der Waals surface area contributed by atoms with Crippen molar-refractivity contribution in [2.45, 2.75) is 26.8 Å². The van der Waals surface area contributed by atoms with Crippen LogP contribution in [-0.2, 0) is 0 Å². The van der Waals surface area contributed by atoms with Crippen LogP contribution in [0, 0.1) is 0 Å². The van der Waals surface area contributed by atoms with Gasteiger partial charge in [-0.2, -0.15) is 0 Å². The van der Waals surface area contributed by atoms with E-state index in [1.54, 1.807) is 0 Å². The quantitative estimate of drug-likeness (QED) is 0.626. The van der Waals surface area contributed by atoms with E-state index in [1.165, 1.54) is 5.56 Å². The van der Waals surface area contributed by atoms with E-state index in [0.717, 1.165) is 22.4 Å². The van der Waals surface area contributed by atoms with E-state index < -0.39 is 0 Å². The number of rotatable bonds is 6. The maximum Gasteiger partial charge on any atom is 0.119 e. The zero-order valence-corrected chi connectivity index (χ0v) is 15.5. The maximum absolute atomic E-state index is 4.57. The lowest BCUT2D eigenvalue weighted by Crippen LogP contribution is -2.16. The molecule has 0 amide bonds. The number of allylic oxidation sites excluding steroid dienone is 2. The van der Waals surface area contributed by atoms with Gasteiger partial charge < -0.3 is 9.88 Å². The van der Waals surface area contributed by atoms with Gasteiger partial charge in [-0.15, -0.1) is 0 Å². The molecular formula is C22H24N4. The Kier molecular flexibility index (Phi) is 5.32. The Balaban J connectivity index is 1.72. The fourth-order valence-electron chi connectivity index (χ4n) is 2.96. The molecule has 132 valence electrons. The Bertz CT molecular complexity index is 964. The summed E-state index contributed by atoms with van der Waals surface area (Å²) in [5, 5.41) is 3.33. The molecule has 3 rings (SSSR count). The van der Waals surface area contributed by atoms with Crippen LogP contribution in [0.3, 0.4) is 0 Å². The van der Waals surface area contributed by atoms with Gasteiger partial charge in [0, 0.05) is 17.5 Å². The number of fused-ring (bicyclic) bond motifs is 1. The van der Waals surface area contributed by atoms with Crippen molar-refractivity contribution >= 4 is 22.4 Å². The number of aliphatic imine (C=N–C) groups is 1. The summed E-state index contributed by atoms with van der Waals surface area (Å²) in [4.78, 5) is 9.01. The first-order valence-electron chi connectivity index (χ1n) is 8.71. The number of aromatic nitrogens is 2. The molecule has 4 nitrogen and oxygen atoms in total. The summed E-state index contributed by atoms with van der Waals surface area (Å²) in [6.07, 6.45) is 3.88. The predicted molar refractivity (Wildman–Crippen MR) is 110 cm³/mol. The second-order valence-electron chi connectivity index (χ2n) is 6.37. The first kappa shape index (κ1) is 17.7. The van der Waals surface area contributed by atoms with Gasteiger partial charge in [-0.25, -0.2) is 9.98 Å². The molecule has 0 aliphatic rings. The fraction of sp³-hybridized carbons (Fsp3) is 0.182. The molecule has 3 aromatic rings. The maximum atomic E-state index is 4.57. The van der Waals surface area contributed by atoms with Crippen molar-refractivity contribution in [3.8, 4) is 0 Å². The first-order valence-corrected chi connectivity index (χ1v) is 8.71. The largest absolute Gasteiger partial charge is 0.364 e. The lowest BCUT2D eigenvalue weighted by atomic mass is 10.1. The molecule has 2 aromatic carbocycles. The van der Waals surface area contributed by atoms with E-state index in [0.29, 0.717) is 5.82 Å². The number of nitrogens with one attached hydrogen (secondary N) is 1. The standard InChI is InChI=1S/C22H24N4/c1-16(24-19(4)25-18(3)20-10-6-5-7-11-20)14-17(2)26-15-23-21-12-8-9-13-22(21)26/h5-15,18,25H,4H2,1-3H3/b17-14+,24-16-/t18-/m0/s1. The van der Waals surface area contributed by atoms with Crippen LogP contribution in [-0.4, -0.2) is 15.3 Å². The van der Waals surface area contributed by atoms with Gasteiger partial charge in [-0.3, -0.25) is 0 Å². The molecule has 1 atom stereocenters. The van der Waals surface area contributed by atoms with Crippen LogP contribution in [0.25, 0.3) is 16.7 Å². The van der Waals surface area contributed by atoms with E-state index in [4.69, 9.17) is 0 Å². The summed E-state index contributed by atoms with van der Waals surface area (Å²) in [5.41, 5.74) is 5.22. The lowest BCUT2D eigenvalue weighted by Gasteiger charge is -2.15. The Morgan fingerprint density at radius 3 is 2.58 bits per heavy atom. The monoisotopic (exact) mass is 344 g/mol. The third-order valence-corrected chi connectivity index (χ3v) is 4.25. The molecule has 1 aromatic heterocycles. The Morgan fingerprint density at radius 1 is 1.12 bits per heavy atom. The summed E-state index contributed by atoms with van der Waals surface area (Å²) in [6.45, 7) is 10.2. The van der Waals surface area contributed by atoms with Gasteiger partial charge in [-0.1, -0.05) is 49.0 Å². The zero-order valence-electron chi connectivity index (χ0n) is 15.5. The van der Waals surface area contributed by atoms with Gasteiger partial charge in [0.1, 0.15) is 12.1 Å². The smallest absolute Gasteiger partial charge is 0.119 e. The molecule has 0 aliphatic heterocycles. The number of hydrogen-bond donors (Lipinski definition) is 1. The molecule has 1 heterocycles. The van der Waals surface area contributed by atoms with Crippen molar-refractivity contribution in [1.29, 1.82) is 0 Å². The molecule has 0 aliphatic carbocycles. The highest BCUT2D eigenvalue weighted by molar-refractivity contribution is 5.98. The van der Waals surface area contributed by atoms with E-state index >= 15 is 0 Å². The molecule has 1 N–H and O–H groups in total. The minimum Gasteiger partial charge on any atom is -0.364 e. The van der Waals surface area contributed by atoms with Gasteiger partial charge in [0.2, 0.25) is 0 Å². The van der Waals surface area contributed by atoms with Crippen molar-refractivity contribution in [1.82, 2.24) is 14.9 Å². The van der Waals surface area contributed by atoms with Crippen molar-refractivity contribution < 1.29 is 0 Å². The van der Waals surface area contributed by atoms with Crippen LogP contribution in [0.4, 0.5) is 0 Å². The van der Waals surface area contributed by atoms with Gasteiger partial charge in [0.05, 0.1) is 11.0 Å².